The largest absolute Gasteiger partial charge is 0.346 e. The third kappa shape index (κ3) is 8.20. The van der Waals surface area contributed by atoms with E-state index in [1.807, 2.05) is 9.80 Å². The summed E-state index contributed by atoms with van der Waals surface area (Å²) in [6.07, 6.45) is 16.8. The second-order valence-corrected chi connectivity index (χ2v) is 13.1. The van der Waals surface area contributed by atoms with Crippen molar-refractivity contribution >= 4 is 23.6 Å². The number of amides is 4. The van der Waals surface area contributed by atoms with Crippen molar-refractivity contribution in [2.75, 3.05) is 32.7 Å². The monoisotopic (exact) mass is 544 g/mol. The van der Waals surface area contributed by atoms with E-state index in [1.165, 1.54) is 51.4 Å². The average molecular weight is 545 g/mol. The zero-order valence-electron chi connectivity index (χ0n) is 24.5. The minimum absolute atomic E-state index is 0.0113. The number of carbonyl (C=O) groups excluding carboxylic acids is 4. The summed E-state index contributed by atoms with van der Waals surface area (Å²) in [6, 6.07) is 0.107. The van der Waals surface area contributed by atoms with Crippen LogP contribution in [0.25, 0.3) is 0 Å². The van der Waals surface area contributed by atoms with E-state index in [1.54, 1.807) is 4.90 Å². The van der Waals surface area contributed by atoms with Gasteiger partial charge < -0.3 is 20.0 Å². The molecule has 8 heteroatoms. The molecule has 4 aliphatic rings. The Morgan fingerprint density at radius 2 is 1.38 bits per heavy atom. The van der Waals surface area contributed by atoms with Crippen molar-refractivity contribution in [1.82, 2.24) is 20.0 Å². The maximum atomic E-state index is 13.2. The van der Waals surface area contributed by atoms with Gasteiger partial charge in [0.15, 0.2) is 0 Å². The molecular weight excluding hydrogens is 492 g/mol. The molecule has 2 atom stereocenters. The van der Waals surface area contributed by atoms with E-state index in [0.29, 0.717) is 43.9 Å². The van der Waals surface area contributed by atoms with Crippen molar-refractivity contribution in [2.45, 2.75) is 122 Å². The summed E-state index contributed by atoms with van der Waals surface area (Å²) in [4.78, 5) is 56.6. The Hall–Kier alpha value is -2.12. The molecule has 0 spiro atoms. The highest BCUT2D eigenvalue weighted by Crippen LogP contribution is 2.29. The molecule has 4 amide bonds. The van der Waals surface area contributed by atoms with Crippen LogP contribution in [0.5, 0.6) is 0 Å². The zero-order chi connectivity index (χ0) is 27.8. The number of unbranched alkanes of at least 4 members (excludes halogenated alkanes) is 1. The number of rotatable bonds is 12. The maximum absolute atomic E-state index is 13.2. The van der Waals surface area contributed by atoms with Crippen LogP contribution in [0.1, 0.15) is 110 Å². The van der Waals surface area contributed by atoms with Crippen molar-refractivity contribution < 1.29 is 19.2 Å². The van der Waals surface area contributed by atoms with Gasteiger partial charge in [-0.3, -0.25) is 19.2 Å². The van der Waals surface area contributed by atoms with Gasteiger partial charge in [0.05, 0.1) is 6.04 Å². The van der Waals surface area contributed by atoms with Crippen LogP contribution in [0, 0.1) is 17.8 Å². The summed E-state index contributed by atoms with van der Waals surface area (Å²) in [6.45, 7) is 7.47. The lowest BCUT2D eigenvalue weighted by molar-refractivity contribution is -0.160. The van der Waals surface area contributed by atoms with E-state index in [0.717, 1.165) is 51.5 Å². The van der Waals surface area contributed by atoms with Crippen molar-refractivity contribution in [2.24, 2.45) is 17.8 Å². The first-order valence-electron chi connectivity index (χ1n) is 16.0. The summed E-state index contributed by atoms with van der Waals surface area (Å²) >= 11 is 0. The highest BCUT2D eigenvalue weighted by atomic mass is 16.2. The first kappa shape index (κ1) is 29.9. The molecule has 4 rings (SSSR count). The third-order valence-corrected chi connectivity index (χ3v) is 9.64. The summed E-state index contributed by atoms with van der Waals surface area (Å²) in [7, 11) is 0. The van der Waals surface area contributed by atoms with Crippen LogP contribution in [0.3, 0.4) is 0 Å². The van der Waals surface area contributed by atoms with Crippen LogP contribution >= 0.6 is 0 Å². The van der Waals surface area contributed by atoms with Crippen LogP contribution in [0.15, 0.2) is 0 Å². The van der Waals surface area contributed by atoms with Gasteiger partial charge in [-0.2, -0.15) is 0 Å². The molecule has 0 aromatic rings. The Kier molecular flexibility index (Phi) is 11.1. The molecule has 2 aliphatic heterocycles. The molecule has 0 radical (unpaired) electrons. The number of hydrogen-bond donors (Lipinski definition) is 1. The lowest BCUT2D eigenvalue weighted by Crippen LogP contribution is -2.61. The van der Waals surface area contributed by atoms with E-state index >= 15 is 0 Å². The highest BCUT2D eigenvalue weighted by Gasteiger charge is 2.40. The van der Waals surface area contributed by atoms with E-state index in [-0.39, 0.29) is 23.9 Å². The SMILES string of the molecule is CC(C)C[C@H]1CN(CCCC[C@H]2CNC(=O)C(=O)N2CCC2CCCCC2)C(=O)C(=O)N1CC1CCCCC1. The number of nitrogens with one attached hydrogen (secondary N) is 1. The molecule has 220 valence electrons. The summed E-state index contributed by atoms with van der Waals surface area (Å²) in [5.41, 5.74) is 0. The molecule has 39 heavy (non-hydrogen) atoms. The minimum Gasteiger partial charge on any atom is -0.346 e. The molecule has 0 bridgehead atoms. The smallest absolute Gasteiger partial charge is 0.312 e. The summed E-state index contributed by atoms with van der Waals surface area (Å²) < 4.78 is 0. The number of piperazine rings is 2. The predicted molar refractivity (Wildman–Crippen MR) is 152 cm³/mol. The average Bonchev–Trinajstić information content (AvgIpc) is 2.93. The van der Waals surface area contributed by atoms with Crippen LogP contribution < -0.4 is 5.32 Å². The first-order valence-corrected chi connectivity index (χ1v) is 16.0. The van der Waals surface area contributed by atoms with Crippen LogP contribution in [0.4, 0.5) is 0 Å². The van der Waals surface area contributed by atoms with E-state index in [4.69, 9.17) is 0 Å². The van der Waals surface area contributed by atoms with Gasteiger partial charge in [0.25, 0.3) is 0 Å². The Balaban J connectivity index is 1.27. The molecule has 2 saturated carbocycles. The normalized spacial score (nSPS) is 26.1. The quantitative estimate of drug-likeness (QED) is 0.296. The molecular formula is C31H52N4O4. The topological polar surface area (TPSA) is 90.0 Å². The summed E-state index contributed by atoms with van der Waals surface area (Å²) in [5, 5.41) is 2.77. The molecule has 8 nitrogen and oxygen atoms in total. The standard InChI is InChI=1S/C31H52N4O4/c1-23(2)19-27-22-33(30(38)31(39)35(27)21-25-13-7-4-8-14-25)17-10-9-15-26-20-32-28(36)29(37)34(26)18-16-24-11-5-3-6-12-24/h23-27H,3-22H2,1-2H3,(H,32,36)/t26-,27-/m0/s1. The third-order valence-electron chi connectivity index (χ3n) is 9.64. The van der Waals surface area contributed by atoms with Gasteiger partial charge in [0, 0.05) is 38.8 Å². The number of hydrogen-bond acceptors (Lipinski definition) is 4. The fourth-order valence-corrected chi connectivity index (χ4v) is 7.39. The fraction of sp³-hybridized carbons (Fsp3) is 0.871. The van der Waals surface area contributed by atoms with Crippen molar-refractivity contribution in [3.8, 4) is 0 Å². The Morgan fingerprint density at radius 3 is 2.05 bits per heavy atom. The lowest BCUT2D eigenvalue weighted by Gasteiger charge is -2.43. The maximum Gasteiger partial charge on any atom is 0.312 e. The minimum atomic E-state index is -0.485. The fourth-order valence-electron chi connectivity index (χ4n) is 7.39. The van der Waals surface area contributed by atoms with E-state index in [2.05, 4.69) is 19.2 Å². The Morgan fingerprint density at radius 1 is 0.718 bits per heavy atom. The van der Waals surface area contributed by atoms with Crippen LogP contribution in [-0.4, -0.2) is 83.1 Å². The molecule has 0 unspecified atom stereocenters. The van der Waals surface area contributed by atoms with Crippen molar-refractivity contribution in [3.05, 3.63) is 0 Å². The Bertz CT molecular complexity index is 850. The summed E-state index contributed by atoms with van der Waals surface area (Å²) in [5.74, 6) is 0.111. The van der Waals surface area contributed by atoms with Gasteiger partial charge in [-0.1, -0.05) is 65.2 Å². The highest BCUT2D eigenvalue weighted by molar-refractivity contribution is 6.36. The second kappa shape index (κ2) is 14.5. The zero-order valence-corrected chi connectivity index (χ0v) is 24.5. The molecule has 0 aromatic carbocycles. The van der Waals surface area contributed by atoms with Crippen LogP contribution in [-0.2, 0) is 19.2 Å². The molecule has 2 saturated heterocycles. The van der Waals surface area contributed by atoms with Gasteiger partial charge in [-0.15, -0.1) is 0 Å². The van der Waals surface area contributed by atoms with Gasteiger partial charge >= 0.3 is 23.6 Å². The van der Waals surface area contributed by atoms with E-state index in [9.17, 15) is 19.2 Å². The Labute approximate surface area is 235 Å². The van der Waals surface area contributed by atoms with Gasteiger partial charge in [-0.25, -0.2) is 0 Å². The number of nitrogens with zero attached hydrogens (tertiary/aromatic N) is 3. The predicted octanol–water partition coefficient (Wildman–Crippen LogP) is 4.12. The van der Waals surface area contributed by atoms with Crippen molar-refractivity contribution in [3.63, 3.8) is 0 Å². The molecule has 1 N–H and O–H groups in total. The molecule has 4 fully saturated rings. The van der Waals surface area contributed by atoms with Gasteiger partial charge in [0.2, 0.25) is 0 Å². The second-order valence-electron chi connectivity index (χ2n) is 13.1. The number of carbonyl (C=O) groups is 4. The molecule has 2 aliphatic carbocycles. The van der Waals surface area contributed by atoms with Crippen LogP contribution in [0.2, 0.25) is 0 Å². The molecule has 0 aromatic heterocycles. The van der Waals surface area contributed by atoms with Gasteiger partial charge in [-0.05, 0) is 62.7 Å². The molecule has 2 heterocycles. The van der Waals surface area contributed by atoms with Crippen molar-refractivity contribution in [1.29, 1.82) is 0 Å². The van der Waals surface area contributed by atoms with E-state index < -0.39 is 11.8 Å². The van der Waals surface area contributed by atoms with Gasteiger partial charge in [0.1, 0.15) is 0 Å². The lowest BCUT2D eigenvalue weighted by atomic mass is 9.86. The first-order chi connectivity index (χ1) is 18.8.